The van der Waals surface area contributed by atoms with E-state index in [1.54, 1.807) is 17.5 Å². The zero-order valence-corrected chi connectivity index (χ0v) is 18.3. The fourth-order valence-corrected chi connectivity index (χ4v) is 6.07. The predicted molar refractivity (Wildman–Crippen MR) is 114 cm³/mol. The van der Waals surface area contributed by atoms with E-state index in [4.69, 9.17) is 4.42 Å². The molecular formula is C20H22N4O4S2. The van der Waals surface area contributed by atoms with E-state index in [0.717, 1.165) is 16.7 Å². The quantitative estimate of drug-likeness (QED) is 0.643. The smallest absolute Gasteiger partial charge is 0.322 e. The summed E-state index contributed by atoms with van der Waals surface area (Å²) < 4.78 is 32.6. The first kappa shape index (κ1) is 20.7. The molecule has 8 nitrogen and oxygen atoms in total. The van der Waals surface area contributed by atoms with Crippen LogP contribution in [0.2, 0.25) is 0 Å². The molecule has 0 aliphatic carbocycles. The zero-order chi connectivity index (χ0) is 21.3. The average Bonchev–Trinajstić information content (AvgIpc) is 3.42. The molecular weight excluding hydrogens is 424 g/mol. The normalized spacial score (nSPS) is 15.9. The molecule has 4 rings (SSSR count). The molecule has 3 aromatic rings. The van der Waals surface area contributed by atoms with E-state index in [9.17, 15) is 13.2 Å². The van der Waals surface area contributed by atoms with Gasteiger partial charge < -0.3 is 4.42 Å². The van der Waals surface area contributed by atoms with Crippen molar-refractivity contribution in [3.63, 3.8) is 0 Å². The van der Waals surface area contributed by atoms with Crippen molar-refractivity contribution in [3.05, 3.63) is 46.8 Å². The standard InChI is InChI=1S/C20H22N4O4S2/c1-13-5-6-14(2)16(12-13)19-22-23-20(28-19)21-18(25)15-7-9-24(10-8-15)30(26,27)17-4-3-11-29-17/h3-6,11-12,15H,7-10H2,1-2H3,(H,21,23,25). The Morgan fingerprint density at radius 2 is 1.97 bits per heavy atom. The predicted octanol–water partition coefficient (Wildman–Crippen LogP) is 3.45. The van der Waals surface area contributed by atoms with Crippen LogP contribution in [0, 0.1) is 19.8 Å². The topological polar surface area (TPSA) is 105 Å². The summed E-state index contributed by atoms with van der Waals surface area (Å²) in [6.07, 6.45) is 0.878. The average molecular weight is 447 g/mol. The molecule has 30 heavy (non-hydrogen) atoms. The van der Waals surface area contributed by atoms with Crippen LogP contribution in [-0.2, 0) is 14.8 Å². The molecule has 1 aliphatic heterocycles. The number of benzene rings is 1. The third-order valence-corrected chi connectivity index (χ3v) is 8.46. The molecule has 0 bridgehead atoms. The molecule has 1 aliphatic rings. The molecule has 158 valence electrons. The molecule has 1 N–H and O–H groups in total. The number of piperidine rings is 1. The lowest BCUT2D eigenvalue weighted by molar-refractivity contribution is -0.121. The number of aryl methyl sites for hydroxylation is 2. The molecule has 1 aromatic carbocycles. The van der Waals surface area contributed by atoms with Gasteiger partial charge in [-0.2, -0.15) is 4.31 Å². The fourth-order valence-electron chi connectivity index (χ4n) is 3.45. The number of carbonyl (C=O) groups is 1. The first-order valence-corrected chi connectivity index (χ1v) is 11.9. The SMILES string of the molecule is Cc1ccc(C)c(-c2nnc(NC(=O)C3CCN(S(=O)(=O)c4cccs4)CC3)o2)c1. The Kier molecular flexibility index (Phi) is 5.72. The summed E-state index contributed by atoms with van der Waals surface area (Å²) in [6.45, 7) is 4.54. The van der Waals surface area contributed by atoms with Crippen LogP contribution >= 0.6 is 11.3 Å². The second kappa shape index (κ2) is 8.29. The van der Waals surface area contributed by atoms with E-state index in [1.807, 2.05) is 32.0 Å². The van der Waals surface area contributed by atoms with Gasteiger partial charge in [-0.3, -0.25) is 10.1 Å². The van der Waals surface area contributed by atoms with Crippen molar-refractivity contribution in [1.29, 1.82) is 0 Å². The molecule has 3 heterocycles. The summed E-state index contributed by atoms with van der Waals surface area (Å²) >= 11 is 1.20. The van der Waals surface area contributed by atoms with Crippen LogP contribution in [0.4, 0.5) is 6.01 Å². The molecule has 10 heteroatoms. The maximum atomic E-state index is 12.6. The van der Waals surface area contributed by atoms with Crippen LogP contribution in [0.1, 0.15) is 24.0 Å². The van der Waals surface area contributed by atoms with Crippen molar-refractivity contribution in [3.8, 4) is 11.5 Å². The minimum Gasteiger partial charge on any atom is -0.403 e. The number of rotatable bonds is 5. The van der Waals surface area contributed by atoms with Gasteiger partial charge in [-0.1, -0.05) is 28.9 Å². The van der Waals surface area contributed by atoms with Gasteiger partial charge in [0, 0.05) is 24.6 Å². The van der Waals surface area contributed by atoms with E-state index in [2.05, 4.69) is 15.5 Å². The van der Waals surface area contributed by atoms with E-state index >= 15 is 0 Å². The van der Waals surface area contributed by atoms with Crippen LogP contribution in [0.5, 0.6) is 0 Å². The summed E-state index contributed by atoms with van der Waals surface area (Å²) in [5.74, 6) is -0.196. The Balaban J connectivity index is 1.38. The van der Waals surface area contributed by atoms with Gasteiger partial charge in [0.05, 0.1) is 0 Å². The van der Waals surface area contributed by atoms with Crippen molar-refractivity contribution >= 4 is 33.3 Å². The summed E-state index contributed by atoms with van der Waals surface area (Å²) in [6, 6.07) is 9.30. The number of amides is 1. The van der Waals surface area contributed by atoms with E-state index < -0.39 is 10.0 Å². The Morgan fingerprint density at radius 3 is 2.67 bits per heavy atom. The second-order valence-electron chi connectivity index (χ2n) is 7.33. The summed E-state index contributed by atoms with van der Waals surface area (Å²) in [5.41, 5.74) is 2.90. The Labute approximate surface area is 179 Å². The van der Waals surface area contributed by atoms with Crippen molar-refractivity contribution in [1.82, 2.24) is 14.5 Å². The first-order valence-electron chi connectivity index (χ1n) is 9.60. The molecule has 1 saturated heterocycles. The lowest BCUT2D eigenvalue weighted by atomic mass is 9.97. The van der Waals surface area contributed by atoms with Crippen LogP contribution < -0.4 is 5.32 Å². The fraction of sp³-hybridized carbons (Fsp3) is 0.350. The highest BCUT2D eigenvalue weighted by Gasteiger charge is 2.33. The van der Waals surface area contributed by atoms with Gasteiger partial charge >= 0.3 is 6.01 Å². The van der Waals surface area contributed by atoms with E-state index in [-0.39, 0.29) is 17.8 Å². The number of nitrogens with zero attached hydrogens (tertiary/aromatic N) is 3. The van der Waals surface area contributed by atoms with Crippen LogP contribution in [0.3, 0.4) is 0 Å². The van der Waals surface area contributed by atoms with Gasteiger partial charge in [0.15, 0.2) is 0 Å². The lowest BCUT2D eigenvalue weighted by Crippen LogP contribution is -2.41. The second-order valence-corrected chi connectivity index (χ2v) is 10.4. The zero-order valence-electron chi connectivity index (χ0n) is 16.7. The minimum absolute atomic E-state index is 0.0459. The molecule has 0 radical (unpaired) electrons. The maximum absolute atomic E-state index is 12.6. The third kappa shape index (κ3) is 4.16. The van der Waals surface area contributed by atoms with Crippen molar-refractivity contribution in [2.45, 2.75) is 30.9 Å². The van der Waals surface area contributed by atoms with Gasteiger partial charge in [-0.15, -0.1) is 16.4 Å². The maximum Gasteiger partial charge on any atom is 0.322 e. The Morgan fingerprint density at radius 1 is 1.20 bits per heavy atom. The Hall–Kier alpha value is -2.56. The van der Waals surface area contributed by atoms with Crippen LogP contribution in [-0.4, -0.2) is 41.9 Å². The van der Waals surface area contributed by atoms with Gasteiger partial charge in [0.25, 0.3) is 10.0 Å². The number of carbonyl (C=O) groups excluding carboxylic acids is 1. The summed E-state index contributed by atoms with van der Waals surface area (Å²) in [5, 5.41) is 12.4. The van der Waals surface area contributed by atoms with Crippen molar-refractivity contribution in [2.24, 2.45) is 5.92 Å². The lowest BCUT2D eigenvalue weighted by Gasteiger charge is -2.29. The minimum atomic E-state index is -3.48. The molecule has 1 amide bonds. The van der Waals surface area contributed by atoms with Gasteiger partial charge in [0.1, 0.15) is 4.21 Å². The molecule has 0 spiro atoms. The number of nitrogens with one attached hydrogen (secondary N) is 1. The molecule has 2 aromatic heterocycles. The first-order chi connectivity index (χ1) is 14.3. The molecule has 1 fully saturated rings. The highest BCUT2D eigenvalue weighted by Crippen LogP contribution is 2.28. The van der Waals surface area contributed by atoms with Gasteiger partial charge in [-0.05, 0) is 49.8 Å². The Bertz CT molecular complexity index is 1150. The van der Waals surface area contributed by atoms with Gasteiger partial charge in [0.2, 0.25) is 11.8 Å². The highest BCUT2D eigenvalue weighted by atomic mass is 32.2. The number of thiophene rings is 1. The number of anilines is 1. The number of hydrogen-bond acceptors (Lipinski definition) is 7. The number of sulfonamides is 1. The van der Waals surface area contributed by atoms with Gasteiger partial charge in [-0.25, -0.2) is 8.42 Å². The summed E-state index contributed by atoms with van der Waals surface area (Å²) in [4.78, 5) is 12.6. The van der Waals surface area contributed by atoms with Crippen LogP contribution in [0.25, 0.3) is 11.5 Å². The van der Waals surface area contributed by atoms with E-state index in [1.165, 1.54) is 15.6 Å². The van der Waals surface area contributed by atoms with Crippen molar-refractivity contribution in [2.75, 3.05) is 18.4 Å². The summed E-state index contributed by atoms with van der Waals surface area (Å²) in [7, 11) is -3.48. The molecule has 0 unspecified atom stereocenters. The number of aromatic nitrogens is 2. The molecule has 0 atom stereocenters. The van der Waals surface area contributed by atoms with Crippen LogP contribution in [0.15, 0.2) is 44.3 Å². The molecule has 0 saturated carbocycles. The monoisotopic (exact) mass is 446 g/mol. The number of hydrogen-bond donors (Lipinski definition) is 1. The largest absolute Gasteiger partial charge is 0.403 e. The van der Waals surface area contributed by atoms with Crippen molar-refractivity contribution < 1.29 is 17.6 Å². The third-order valence-electron chi connectivity index (χ3n) is 5.19. The highest BCUT2D eigenvalue weighted by molar-refractivity contribution is 7.91. The van der Waals surface area contributed by atoms with E-state index in [0.29, 0.717) is 36.0 Å².